The molecule has 0 heterocycles. The third kappa shape index (κ3) is 5.97. The van der Waals surface area contributed by atoms with Crippen LogP contribution in [0.3, 0.4) is 0 Å². The summed E-state index contributed by atoms with van der Waals surface area (Å²) in [5, 5.41) is 2.81. The van der Waals surface area contributed by atoms with Crippen LogP contribution in [0.1, 0.15) is 42.1 Å². The Morgan fingerprint density at radius 2 is 1.69 bits per heavy atom. The van der Waals surface area contributed by atoms with Crippen molar-refractivity contribution in [2.75, 3.05) is 11.9 Å². The van der Waals surface area contributed by atoms with Crippen molar-refractivity contribution >= 4 is 17.5 Å². The Balaban J connectivity index is 1.83. The molecule has 1 atom stereocenters. The van der Waals surface area contributed by atoms with Crippen molar-refractivity contribution in [2.45, 2.75) is 40.3 Å². The van der Waals surface area contributed by atoms with Crippen molar-refractivity contribution in [3.8, 4) is 5.75 Å². The summed E-state index contributed by atoms with van der Waals surface area (Å²) in [6.07, 6.45) is 0. The molecule has 0 aliphatic rings. The van der Waals surface area contributed by atoms with E-state index < -0.39 is 0 Å². The standard InChI is InChI=1S/C27H30N2O3/c1-19-10-8-15-26(20(19)2)32-18-27(31)29(17-23-11-6-5-7-12-23)21(3)24-13-9-14-25(16-24)28-22(4)30/h5-16,21H,17-18H2,1-4H3,(H,28,30)/t21-/m1/s1. The number of aryl methyl sites for hydroxylation is 1. The van der Waals surface area contributed by atoms with Gasteiger partial charge in [-0.1, -0.05) is 54.6 Å². The van der Waals surface area contributed by atoms with E-state index in [1.165, 1.54) is 6.92 Å². The smallest absolute Gasteiger partial charge is 0.261 e. The molecule has 0 aliphatic heterocycles. The van der Waals surface area contributed by atoms with E-state index in [4.69, 9.17) is 4.74 Å². The molecule has 0 bridgehead atoms. The first kappa shape index (κ1) is 23.1. The van der Waals surface area contributed by atoms with Crippen molar-refractivity contribution in [1.29, 1.82) is 0 Å². The fourth-order valence-corrected chi connectivity index (χ4v) is 3.58. The van der Waals surface area contributed by atoms with E-state index in [1.807, 2.05) is 98.5 Å². The summed E-state index contributed by atoms with van der Waals surface area (Å²) < 4.78 is 5.91. The van der Waals surface area contributed by atoms with Gasteiger partial charge in [-0.2, -0.15) is 0 Å². The monoisotopic (exact) mass is 430 g/mol. The van der Waals surface area contributed by atoms with E-state index in [9.17, 15) is 9.59 Å². The first-order chi connectivity index (χ1) is 15.3. The zero-order valence-electron chi connectivity index (χ0n) is 19.1. The fourth-order valence-electron chi connectivity index (χ4n) is 3.58. The maximum atomic E-state index is 13.3. The Labute approximate surface area is 190 Å². The molecule has 3 rings (SSSR count). The van der Waals surface area contributed by atoms with Gasteiger partial charge in [0.15, 0.2) is 6.61 Å². The van der Waals surface area contributed by atoms with Gasteiger partial charge in [0.1, 0.15) is 5.75 Å². The van der Waals surface area contributed by atoms with Crippen LogP contribution in [0.15, 0.2) is 72.8 Å². The summed E-state index contributed by atoms with van der Waals surface area (Å²) in [7, 11) is 0. The molecule has 0 radical (unpaired) electrons. The number of benzene rings is 3. The van der Waals surface area contributed by atoms with Gasteiger partial charge < -0.3 is 15.0 Å². The van der Waals surface area contributed by atoms with Crippen LogP contribution in [-0.2, 0) is 16.1 Å². The molecule has 0 aromatic heterocycles. The number of anilines is 1. The number of hydrogen-bond acceptors (Lipinski definition) is 3. The highest BCUT2D eigenvalue weighted by molar-refractivity contribution is 5.88. The lowest BCUT2D eigenvalue weighted by Crippen LogP contribution is -2.36. The SMILES string of the molecule is CC(=O)Nc1cccc([C@@H](C)N(Cc2ccccc2)C(=O)COc2cccc(C)c2C)c1. The van der Waals surface area contributed by atoms with Gasteiger partial charge >= 0.3 is 0 Å². The van der Waals surface area contributed by atoms with Crippen molar-refractivity contribution in [2.24, 2.45) is 0 Å². The number of nitrogens with one attached hydrogen (secondary N) is 1. The molecule has 0 spiro atoms. The molecule has 0 fully saturated rings. The van der Waals surface area contributed by atoms with Gasteiger partial charge in [-0.05, 0) is 61.2 Å². The molecule has 166 valence electrons. The van der Waals surface area contributed by atoms with Gasteiger partial charge in [-0.15, -0.1) is 0 Å². The number of ether oxygens (including phenoxy) is 1. The number of carbonyl (C=O) groups is 2. The van der Waals surface area contributed by atoms with Crippen LogP contribution in [0.25, 0.3) is 0 Å². The maximum absolute atomic E-state index is 13.3. The van der Waals surface area contributed by atoms with Crippen LogP contribution < -0.4 is 10.1 Å². The normalized spacial score (nSPS) is 11.5. The highest BCUT2D eigenvalue weighted by Gasteiger charge is 2.23. The second kappa shape index (κ2) is 10.6. The largest absolute Gasteiger partial charge is 0.483 e. The van der Waals surface area contributed by atoms with Crippen LogP contribution >= 0.6 is 0 Å². The van der Waals surface area contributed by atoms with Crippen molar-refractivity contribution in [1.82, 2.24) is 4.90 Å². The summed E-state index contributed by atoms with van der Waals surface area (Å²) in [4.78, 5) is 26.6. The predicted octanol–water partition coefficient (Wildman–Crippen LogP) is 5.43. The topological polar surface area (TPSA) is 58.6 Å². The third-order valence-corrected chi connectivity index (χ3v) is 5.58. The zero-order chi connectivity index (χ0) is 23.1. The summed E-state index contributed by atoms with van der Waals surface area (Å²) in [5.74, 6) is 0.486. The Morgan fingerprint density at radius 3 is 2.41 bits per heavy atom. The molecule has 0 saturated heterocycles. The van der Waals surface area contributed by atoms with E-state index in [2.05, 4.69) is 5.32 Å². The lowest BCUT2D eigenvalue weighted by molar-refractivity contribution is -0.136. The minimum atomic E-state index is -0.210. The average Bonchev–Trinajstić information content (AvgIpc) is 2.78. The van der Waals surface area contributed by atoms with Gasteiger partial charge in [0, 0.05) is 19.2 Å². The number of hydrogen-bond donors (Lipinski definition) is 1. The van der Waals surface area contributed by atoms with E-state index in [1.54, 1.807) is 0 Å². The quantitative estimate of drug-likeness (QED) is 0.518. The molecular formula is C27H30N2O3. The van der Waals surface area contributed by atoms with E-state index in [-0.39, 0.29) is 24.5 Å². The molecule has 32 heavy (non-hydrogen) atoms. The second-order valence-corrected chi connectivity index (χ2v) is 7.98. The van der Waals surface area contributed by atoms with Gasteiger partial charge in [0.25, 0.3) is 5.91 Å². The summed E-state index contributed by atoms with van der Waals surface area (Å²) in [6, 6.07) is 23.1. The molecule has 3 aromatic carbocycles. The van der Waals surface area contributed by atoms with E-state index >= 15 is 0 Å². The number of rotatable bonds is 8. The summed E-state index contributed by atoms with van der Waals surface area (Å²) in [5.41, 5.74) is 4.84. The lowest BCUT2D eigenvalue weighted by Gasteiger charge is -2.30. The molecule has 1 N–H and O–H groups in total. The van der Waals surface area contributed by atoms with Gasteiger partial charge in [-0.3, -0.25) is 9.59 Å². The van der Waals surface area contributed by atoms with Crippen molar-refractivity contribution in [3.05, 3.63) is 95.1 Å². The molecule has 5 nitrogen and oxygen atoms in total. The van der Waals surface area contributed by atoms with Crippen molar-refractivity contribution < 1.29 is 14.3 Å². The number of nitrogens with zero attached hydrogens (tertiary/aromatic N) is 1. The zero-order valence-corrected chi connectivity index (χ0v) is 19.1. The minimum absolute atomic E-state index is 0.0488. The van der Waals surface area contributed by atoms with Crippen LogP contribution in [0.2, 0.25) is 0 Å². The van der Waals surface area contributed by atoms with E-state index in [0.717, 1.165) is 28.0 Å². The highest BCUT2D eigenvalue weighted by Crippen LogP contribution is 2.26. The molecule has 2 amide bonds. The van der Waals surface area contributed by atoms with Gasteiger partial charge in [-0.25, -0.2) is 0 Å². The predicted molar refractivity (Wildman–Crippen MR) is 128 cm³/mol. The fraction of sp³-hybridized carbons (Fsp3) is 0.259. The molecular weight excluding hydrogens is 400 g/mol. The Bertz CT molecular complexity index is 1080. The Kier molecular flexibility index (Phi) is 7.66. The molecule has 0 aliphatic carbocycles. The summed E-state index contributed by atoms with van der Waals surface area (Å²) in [6.45, 7) is 7.90. The molecule has 5 heteroatoms. The highest BCUT2D eigenvalue weighted by atomic mass is 16.5. The number of amides is 2. The van der Waals surface area contributed by atoms with Crippen molar-refractivity contribution in [3.63, 3.8) is 0 Å². The molecule has 0 unspecified atom stereocenters. The van der Waals surface area contributed by atoms with Crippen LogP contribution in [0.5, 0.6) is 5.75 Å². The summed E-state index contributed by atoms with van der Waals surface area (Å²) >= 11 is 0. The maximum Gasteiger partial charge on any atom is 0.261 e. The van der Waals surface area contributed by atoms with Crippen LogP contribution in [0, 0.1) is 13.8 Å². The van der Waals surface area contributed by atoms with Gasteiger partial charge in [0.2, 0.25) is 5.91 Å². The average molecular weight is 431 g/mol. The Morgan fingerprint density at radius 1 is 0.969 bits per heavy atom. The Hall–Kier alpha value is -3.60. The number of carbonyl (C=O) groups excluding carboxylic acids is 2. The lowest BCUT2D eigenvalue weighted by atomic mass is 10.0. The van der Waals surface area contributed by atoms with Crippen LogP contribution in [0.4, 0.5) is 5.69 Å². The van der Waals surface area contributed by atoms with Crippen LogP contribution in [-0.4, -0.2) is 23.3 Å². The molecule has 0 saturated carbocycles. The van der Waals surface area contributed by atoms with Gasteiger partial charge in [0.05, 0.1) is 6.04 Å². The first-order valence-electron chi connectivity index (χ1n) is 10.7. The minimum Gasteiger partial charge on any atom is -0.483 e. The molecule has 3 aromatic rings. The third-order valence-electron chi connectivity index (χ3n) is 5.58. The second-order valence-electron chi connectivity index (χ2n) is 7.98. The first-order valence-corrected chi connectivity index (χ1v) is 10.7. The van der Waals surface area contributed by atoms with E-state index in [0.29, 0.717) is 12.2 Å².